The summed E-state index contributed by atoms with van der Waals surface area (Å²) >= 11 is 7.75. The van der Waals surface area contributed by atoms with Gasteiger partial charge in [0, 0.05) is 5.56 Å². The molecule has 0 unspecified atom stereocenters. The molecule has 0 spiro atoms. The van der Waals surface area contributed by atoms with E-state index < -0.39 is 0 Å². The molecule has 0 bridgehead atoms. The Labute approximate surface area is 190 Å². The maximum Gasteiger partial charge on any atom is 0.260 e. The molecule has 0 aliphatic rings. The number of amides is 1. The largest absolute Gasteiger partial charge is 0.494 e. The number of carbonyl (C=O) groups is 1. The van der Waals surface area contributed by atoms with E-state index in [9.17, 15) is 4.79 Å². The molecular weight excluding hydrogens is 432 g/mol. The summed E-state index contributed by atoms with van der Waals surface area (Å²) in [5, 5.41) is 1.10. The van der Waals surface area contributed by atoms with Crippen LogP contribution in [0.4, 0.5) is 5.13 Å². The van der Waals surface area contributed by atoms with Crippen LogP contribution in [0.2, 0.25) is 5.02 Å². The summed E-state index contributed by atoms with van der Waals surface area (Å²) < 4.78 is 11.7. The van der Waals surface area contributed by atoms with Gasteiger partial charge in [-0.25, -0.2) is 4.98 Å². The summed E-state index contributed by atoms with van der Waals surface area (Å²) in [6, 6.07) is 14.9. The Balaban J connectivity index is 1.77. The van der Waals surface area contributed by atoms with E-state index >= 15 is 0 Å². The summed E-state index contributed by atoms with van der Waals surface area (Å²) in [6.45, 7) is 6.69. The molecule has 5 nitrogen and oxygen atoms in total. The molecule has 31 heavy (non-hydrogen) atoms. The summed E-state index contributed by atoms with van der Waals surface area (Å²) in [5.74, 6) is 1.12. The number of furan rings is 1. The van der Waals surface area contributed by atoms with Gasteiger partial charge in [0.1, 0.15) is 17.0 Å². The predicted octanol–water partition coefficient (Wildman–Crippen LogP) is 6.70. The molecule has 2 aromatic heterocycles. The van der Waals surface area contributed by atoms with Crippen molar-refractivity contribution in [2.24, 2.45) is 0 Å². The predicted molar refractivity (Wildman–Crippen MR) is 126 cm³/mol. The van der Waals surface area contributed by atoms with Gasteiger partial charge in [0.2, 0.25) is 0 Å². The van der Waals surface area contributed by atoms with Gasteiger partial charge in [0.25, 0.3) is 5.91 Å². The average molecular weight is 455 g/mol. The Bertz CT molecular complexity index is 1210. The highest BCUT2D eigenvalue weighted by atomic mass is 35.5. The van der Waals surface area contributed by atoms with E-state index in [-0.39, 0.29) is 17.9 Å². The van der Waals surface area contributed by atoms with Crippen LogP contribution in [-0.4, -0.2) is 18.0 Å². The summed E-state index contributed by atoms with van der Waals surface area (Å²) in [4.78, 5) is 19.9. The Kier molecular flexibility index (Phi) is 5.77. The number of hydrogen-bond acceptors (Lipinski definition) is 5. The van der Waals surface area contributed by atoms with Gasteiger partial charge in [-0.15, -0.1) is 0 Å². The minimum absolute atomic E-state index is 0.00969. The van der Waals surface area contributed by atoms with Crippen LogP contribution in [0, 0.1) is 0 Å². The average Bonchev–Trinajstić information content (AvgIpc) is 3.42. The second-order valence-electron chi connectivity index (χ2n) is 8.22. The number of benzene rings is 2. The molecule has 160 valence electrons. The van der Waals surface area contributed by atoms with Gasteiger partial charge in [-0.1, -0.05) is 55.8 Å². The van der Waals surface area contributed by atoms with Crippen LogP contribution in [0.25, 0.3) is 10.2 Å². The minimum Gasteiger partial charge on any atom is -0.494 e. The van der Waals surface area contributed by atoms with Gasteiger partial charge in [0.15, 0.2) is 5.13 Å². The maximum atomic E-state index is 13.5. The Morgan fingerprint density at radius 2 is 1.90 bits per heavy atom. The number of halogens is 1. The third-order valence-corrected chi connectivity index (χ3v) is 6.57. The molecule has 0 radical (unpaired) electrons. The lowest BCUT2D eigenvalue weighted by Gasteiger charge is -2.21. The zero-order valence-electron chi connectivity index (χ0n) is 17.8. The van der Waals surface area contributed by atoms with Crippen molar-refractivity contribution in [1.29, 1.82) is 0 Å². The normalized spacial score (nSPS) is 11.6. The van der Waals surface area contributed by atoms with Crippen molar-refractivity contribution in [3.63, 3.8) is 0 Å². The smallest absolute Gasteiger partial charge is 0.260 e. The quantitative estimate of drug-likeness (QED) is 0.337. The highest BCUT2D eigenvalue weighted by molar-refractivity contribution is 7.23. The Hall–Kier alpha value is -2.83. The first kappa shape index (κ1) is 21.4. The monoisotopic (exact) mass is 454 g/mol. The third kappa shape index (κ3) is 4.31. The van der Waals surface area contributed by atoms with E-state index in [0.29, 0.717) is 32.7 Å². The van der Waals surface area contributed by atoms with E-state index in [0.717, 1.165) is 10.3 Å². The van der Waals surface area contributed by atoms with Gasteiger partial charge in [0.05, 0.1) is 29.6 Å². The first-order valence-electron chi connectivity index (χ1n) is 9.86. The fraction of sp³-hybridized carbons (Fsp3) is 0.250. The third-order valence-electron chi connectivity index (χ3n) is 5.04. The maximum absolute atomic E-state index is 13.5. The number of carbonyl (C=O) groups excluding carboxylic acids is 1. The van der Waals surface area contributed by atoms with E-state index in [2.05, 4.69) is 20.8 Å². The number of anilines is 1. The van der Waals surface area contributed by atoms with Crippen molar-refractivity contribution in [3.8, 4) is 5.75 Å². The molecule has 0 saturated carbocycles. The molecule has 1 amide bonds. The summed E-state index contributed by atoms with van der Waals surface area (Å²) in [6.07, 6.45) is 1.59. The molecule has 0 atom stereocenters. The second-order valence-corrected chi connectivity index (χ2v) is 9.61. The van der Waals surface area contributed by atoms with Crippen LogP contribution in [-0.2, 0) is 12.0 Å². The summed E-state index contributed by atoms with van der Waals surface area (Å²) in [7, 11) is 1.59. The number of hydrogen-bond donors (Lipinski definition) is 0. The lowest BCUT2D eigenvalue weighted by Crippen LogP contribution is -2.30. The number of methoxy groups -OCH3 is 1. The minimum atomic E-state index is -0.161. The van der Waals surface area contributed by atoms with Gasteiger partial charge >= 0.3 is 0 Å². The topological polar surface area (TPSA) is 55.6 Å². The van der Waals surface area contributed by atoms with Gasteiger partial charge < -0.3 is 9.15 Å². The van der Waals surface area contributed by atoms with Crippen molar-refractivity contribution < 1.29 is 13.9 Å². The number of fused-ring (bicyclic) bond motifs is 1. The molecule has 0 aliphatic carbocycles. The fourth-order valence-electron chi connectivity index (χ4n) is 3.27. The number of nitrogens with zero attached hydrogens (tertiary/aromatic N) is 2. The van der Waals surface area contributed by atoms with Gasteiger partial charge in [-0.3, -0.25) is 9.69 Å². The molecule has 4 rings (SSSR count). The number of ether oxygens (including phenoxy) is 1. The first-order valence-corrected chi connectivity index (χ1v) is 11.0. The van der Waals surface area contributed by atoms with Gasteiger partial charge in [-0.05, 0) is 47.4 Å². The number of rotatable bonds is 5. The lowest BCUT2D eigenvalue weighted by molar-refractivity contribution is 0.0983. The SMILES string of the molecule is COc1ccc(Cl)c2sc(N(Cc3ccco3)C(=O)c3ccc(C(C)(C)C)cc3)nc12. The van der Waals surface area contributed by atoms with Crippen LogP contribution in [0.3, 0.4) is 0 Å². The van der Waals surface area contributed by atoms with Gasteiger partial charge in [-0.2, -0.15) is 0 Å². The highest BCUT2D eigenvalue weighted by Crippen LogP contribution is 2.39. The van der Waals surface area contributed by atoms with E-state index in [1.807, 2.05) is 30.3 Å². The fourth-order valence-corrected chi connectivity index (χ4v) is 4.53. The van der Waals surface area contributed by atoms with Crippen LogP contribution in [0.5, 0.6) is 5.75 Å². The van der Waals surface area contributed by atoms with Crippen molar-refractivity contribution in [2.75, 3.05) is 12.0 Å². The molecule has 2 aromatic carbocycles. The molecule has 0 saturated heterocycles. The van der Waals surface area contributed by atoms with Crippen LogP contribution in [0.15, 0.2) is 59.2 Å². The van der Waals surface area contributed by atoms with Crippen LogP contribution in [0.1, 0.15) is 42.5 Å². The molecule has 0 N–H and O–H groups in total. The molecular formula is C24H23ClN2O3S. The molecule has 4 aromatic rings. The van der Waals surface area contributed by atoms with Crippen molar-refractivity contribution in [2.45, 2.75) is 32.7 Å². The van der Waals surface area contributed by atoms with E-state index in [1.54, 1.807) is 36.5 Å². The highest BCUT2D eigenvalue weighted by Gasteiger charge is 2.25. The number of thiazole rings is 1. The lowest BCUT2D eigenvalue weighted by atomic mass is 9.86. The van der Waals surface area contributed by atoms with Crippen molar-refractivity contribution in [1.82, 2.24) is 4.98 Å². The summed E-state index contributed by atoms with van der Waals surface area (Å²) in [5.41, 5.74) is 2.39. The van der Waals surface area contributed by atoms with E-state index in [1.165, 1.54) is 11.3 Å². The first-order chi connectivity index (χ1) is 14.8. The van der Waals surface area contributed by atoms with Crippen molar-refractivity contribution in [3.05, 3.63) is 76.7 Å². The standard InChI is InChI=1S/C24H23ClN2O3S/c1-24(2,3)16-9-7-15(8-10-16)22(28)27(14-17-6-5-13-30-17)23-26-20-19(29-4)12-11-18(25)21(20)31-23/h5-13H,14H2,1-4H3. The Morgan fingerprint density at radius 1 is 1.16 bits per heavy atom. The van der Waals surface area contributed by atoms with Crippen molar-refractivity contribution >= 4 is 44.2 Å². The van der Waals surface area contributed by atoms with E-state index in [4.69, 9.17) is 25.7 Å². The molecule has 2 heterocycles. The molecule has 0 aliphatic heterocycles. The van der Waals surface area contributed by atoms with Crippen LogP contribution < -0.4 is 9.64 Å². The second kappa shape index (κ2) is 8.36. The number of aromatic nitrogens is 1. The molecule has 0 fully saturated rings. The zero-order chi connectivity index (χ0) is 22.2. The zero-order valence-corrected chi connectivity index (χ0v) is 19.4. The molecule has 7 heteroatoms. The van der Waals surface area contributed by atoms with Crippen LogP contribution >= 0.6 is 22.9 Å². The Morgan fingerprint density at radius 3 is 2.52 bits per heavy atom.